The topological polar surface area (TPSA) is 81.4 Å². The predicted octanol–water partition coefficient (Wildman–Crippen LogP) is 3.16. The molecule has 0 fully saturated rings. The molecule has 5 nitrogen and oxygen atoms in total. The lowest BCUT2D eigenvalue weighted by Gasteiger charge is -2.17. The minimum absolute atomic E-state index is 0. The number of halogens is 4. The molecule has 1 aromatic carbocycles. The highest BCUT2D eigenvalue weighted by atomic mass is 35.5. The van der Waals surface area contributed by atoms with Gasteiger partial charge in [-0.1, -0.05) is 31.4 Å². The minimum atomic E-state index is -3.83. The predicted molar refractivity (Wildman–Crippen MR) is 88.0 cm³/mol. The lowest BCUT2D eigenvalue weighted by atomic mass is 10.1. The lowest BCUT2D eigenvalue weighted by Crippen LogP contribution is -2.40. The highest BCUT2D eigenvalue weighted by Crippen LogP contribution is 2.28. The maximum absolute atomic E-state index is 12.2. The molecule has 0 spiro atoms. The Bertz CT molecular complexity index is 589. The zero-order valence-corrected chi connectivity index (χ0v) is 14.9. The zero-order valence-electron chi connectivity index (χ0n) is 12.5. The molecule has 0 bridgehead atoms. The second-order valence-corrected chi connectivity index (χ2v) is 6.79. The number of alkyl halides is 2. The van der Waals surface area contributed by atoms with Crippen LogP contribution in [0.2, 0.25) is 5.02 Å². The maximum Gasteiger partial charge on any atom is 0.387 e. The Hall–Kier alpha value is -0.670. The van der Waals surface area contributed by atoms with E-state index in [0.717, 1.165) is 31.0 Å². The van der Waals surface area contributed by atoms with Crippen molar-refractivity contribution in [3.05, 3.63) is 23.2 Å². The van der Waals surface area contributed by atoms with E-state index >= 15 is 0 Å². The van der Waals surface area contributed by atoms with Crippen LogP contribution in [0.1, 0.15) is 26.2 Å². The minimum Gasteiger partial charge on any atom is -0.433 e. The molecule has 0 aromatic heterocycles. The van der Waals surface area contributed by atoms with Crippen molar-refractivity contribution >= 4 is 34.0 Å². The van der Waals surface area contributed by atoms with Crippen LogP contribution in [0.25, 0.3) is 0 Å². The van der Waals surface area contributed by atoms with E-state index in [-0.39, 0.29) is 40.7 Å². The fourth-order valence-electron chi connectivity index (χ4n) is 1.80. The number of rotatable bonds is 9. The van der Waals surface area contributed by atoms with E-state index in [1.54, 1.807) is 0 Å². The Morgan fingerprint density at radius 1 is 1.39 bits per heavy atom. The molecule has 0 amide bonds. The van der Waals surface area contributed by atoms with Crippen LogP contribution < -0.4 is 15.2 Å². The van der Waals surface area contributed by atoms with E-state index in [2.05, 4.69) is 9.46 Å². The first-order valence-corrected chi connectivity index (χ1v) is 8.63. The summed E-state index contributed by atoms with van der Waals surface area (Å²) in [5, 5.41) is -0.207. The van der Waals surface area contributed by atoms with Crippen molar-refractivity contribution in [3.63, 3.8) is 0 Å². The largest absolute Gasteiger partial charge is 0.433 e. The van der Waals surface area contributed by atoms with Crippen LogP contribution in [0.15, 0.2) is 23.1 Å². The lowest BCUT2D eigenvalue weighted by molar-refractivity contribution is -0.0498. The SMILES string of the molecule is CCCCC(CN)NS(=O)(=O)c1ccc(OC(F)F)c(Cl)c1.Cl. The van der Waals surface area contributed by atoms with Crippen LogP contribution in [0, 0.1) is 0 Å². The second-order valence-electron chi connectivity index (χ2n) is 4.67. The maximum atomic E-state index is 12.2. The molecule has 0 saturated heterocycles. The fourth-order valence-corrected chi connectivity index (χ4v) is 3.40. The fraction of sp³-hybridized carbons (Fsp3) is 0.538. The van der Waals surface area contributed by atoms with E-state index < -0.39 is 16.6 Å². The van der Waals surface area contributed by atoms with Crippen LogP contribution in [0.3, 0.4) is 0 Å². The van der Waals surface area contributed by atoms with Gasteiger partial charge in [0.2, 0.25) is 10.0 Å². The molecule has 1 atom stereocenters. The Morgan fingerprint density at radius 3 is 2.52 bits per heavy atom. The standard InChI is InChI=1S/C13H19ClF2N2O3S.ClH/c1-2-3-4-9(8-17)18-22(19,20)10-5-6-12(11(14)7-10)21-13(15)16;/h5-7,9,13,18H,2-4,8,17H2,1H3;1H. The third kappa shape index (κ3) is 7.17. The van der Waals surface area contributed by atoms with Crippen LogP contribution in [0.4, 0.5) is 8.78 Å². The Morgan fingerprint density at radius 2 is 2.04 bits per heavy atom. The van der Waals surface area contributed by atoms with Gasteiger partial charge in [0.05, 0.1) is 9.92 Å². The van der Waals surface area contributed by atoms with E-state index in [0.29, 0.717) is 6.42 Å². The van der Waals surface area contributed by atoms with Crippen LogP contribution >= 0.6 is 24.0 Å². The number of benzene rings is 1. The summed E-state index contributed by atoms with van der Waals surface area (Å²) in [6.45, 7) is -0.878. The van der Waals surface area contributed by atoms with Crippen molar-refractivity contribution in [2.75, 3.05) is 6.54 Å². The number of ether oxygens (including phenoxy) is 1. The Labute approximate surface area is 146 Å². The molecule has 1 unspecified atom stereocenters. The summed E-state index contributed by atoms with van der Waals surface area (Å²) in [4.78, 5) is -0.130. The van der Waals surface area contributed by atoms with E-state index in [9.17, 15) is 17.2 Å². The van der Waals surface area contributed by atoms with Gasteiger partial charge in [0.15, 0.2) is 0 Å². The number of sulfonamides is 1. The smallest absolute Gasteiger partial charge is 0.387 e. The van der Waals surface area contributed by atoms with Crippen molar-refractivity contribution in [1.29, 1.82) is 0 Å². The molecular formula is C13H20Cl2F2N2O3S. The van der Waals surface area contributed by atoms with Gasteiger partial charge >= 0.3 is 6.61 Å². The van der Waals surface area contributed by atoms with Crippen LogP contribution in [-0.4, -0.2) is 27.6 Å². The van der Waals surface area contributed by atoms with E-state index in [1.165, 1.54) is 0 Å². The van der Waals surface area contributed by atoms with Crippen molar-refractivity contribution in [3.8, 4) is 5.75 Å². The molecule has 1 rings (SSSR count). The average molecular weight is 393 g/mol. The molecule has 0 aliphatic heterocycles. The summed E-state index contributed by atoms with van der Waals surface area (Å²) in [7, 11) is -3.83. The number of nitrogens with two attached hydrogens (primary N) is 1. The molecule has 0 radical (unpaired) electrons. The molecular weight excluding hydrogens is 373 g/mol. The summed E-state index contributed by atoms with van der Waals surface area (Å²) in [5.41, 5.74) is 5.55. The van der Waals surface area contributed by atoms with E-state index in [1.807, 2.05) is 6.92 Å². The molecule has 23 heavy (non-hydrogen) atoms. The van der Waals surface area contributed by atoms with Crippen LogP contribution in [-0.2, 0) is 10.0 Å². The average Bonchev–Trinajstić information content (AvgIpc) is 2.44. The third-order valence-corrected chi connectivity index (χ3v) is 4.76. The van der Waals surface area contributed by atoms with Gasteiger partial charge in [0.1, 0.15) is 5.75 Å². The summed E-state index contributed by atoms with van der Waals surface area (Å²) in [6, 6.07) is 2.92. The van der Waals surface area contributed by atoms with Gasteiger partial charge in [-0.15, -0.1) is 12.4 Å². The van der Waals surface area contributed by atoms with Gasteiger partial charge in [-0.3, -0.25) is 0 Å². The number of nitrogens with one attached hydrogen (secondary N) is 1. The van der Waals surface area contributed by atoms with Crippen molar-refractivity contribution in [2.45, 2.75) is 43.7 Å². The Kier molecular flexibility index (Phi) is 9.95. The molecule has 0 heterocycles. The molecule has 1 aromatic rings. The Balaban J connectivity index is 0.00000484. The van der Waals surface area contributed by atoms with Crippen molar-refractivity contribution in [1.82, 2.24) is 4.72 Å². The monoisotopic (exact) mass is 392 g/mol. The highest BCUT2D eigenvalue weighted by molar-refractivity contribution is 7.89. The molecule has 0 saturated carbocycles. The first kappa shape index (κ1) is 22.3. The quantitative estimate of drug-likeness (QED) is 0.675. The summed E-state index contributed by atoms with van der Waals surface area (Å²) >= 11 is 5.76. The van der Waals surface area contributed by atoms with Gasteiger partial charge < -0.3 is 10.5 Å². The summed E-state index contributed by atoms with van der Waals surface area (Å²) < 4.78 is 55.4. The number of hydrogen-bond acceptors (Lipinski definition) is 4. The summed E-state index contributed by atoms with van der Waals surface area (Å²) in [6.07, 6.45) is 2.38. The van der Waals surface area contributed by atoms with E-state index in [4.69, 9.17) is 17.3 Å². The van der Waals surface area contributed by atoms with Gasteiger partial charge in [-0.2, -0.15) is 8.78 Å². The third-order valence-electron chi connectivity index (χ3n) is 2.94. The number of unbranched alkanes of at least 4 members (excludes halogenated alkanes) is 1. The first-order chi connectivity index (χ1) is 10.3. The molecule has 0 aliphatic carbocycles. The van der Waals surface area contributed by atoms with Crippen molar-refractivity contribution in [2.24, 2.45) is 5.73 Å². The van der Waals surface area contributed by atoms with Gasteiger partial charge in [-0.25, -0.2) is 13.1 Å². The normalized spacial score (nSPS) is 12.8. The second kappa shape index (κ2) is 10.2. The molecule has 134 valence electrons. The van der Waals surface area contributed by atoms with Crippen molar-refractivity contribution < 1.29 is 21.9 Å². The highest BCUT2D eigenvalue weighted by Gasteiger charge is 2.20. The number of hydrogen-bond donors (Lipinski definition) is 2. The van der Waals surface area contributed by atoms with Crippen LogP contribution in [0.5, 0.6) is 5.75 Å². The van der Waals surface area contributed by atoms with Gasteiger partial charge in [0, 0.05) is 12.6 Å². The summed E-state index contributed by atoms with van der Waals surface area (Å²) in [5.74, 6) is -0.281. The first-order valence-electron chi connectivity index (χ1n) is 6.77. The van der Waals surface area contributed by atoms with Gasteiger partial charge in [0.25, 0.3) is 0 Å². The molecule has 0 aliphatic rings. The molecule has 3 N–H and O–H groups in total. The molecule has 10 heteroatoms. The zero-order chi connectivity index (χ0) is 16.8. The van der Waals surface area contributed by atoms with Gasteiger partial charge in [-0.05, 0) is 24.6 Å².